The zero-order chi connectivity index (χ0) is 36.7. The van der Waals surface area contributed by atoms with Crippen molar-refractivity contribution in [1.82, 2.24) is 0 Å². The van der Waals surface area contributed by atoms with Crippen molar-refractivity contribution in [3.63, 3.8) is 0 Å². The summed E-state index contributed by atoms with van der Waals surface area (Å²) >= 11 is 0. The Balaban J connectivity index is 0.000000211. The van der Waals surface area contributed by atoms with Gasteiger partial charge in [0.05, 0.1) is 11.1 Å². The molecule has 0 aromatic heterocycles. The Morgan fingerprint density at radius 1 is 0.500 bits per heavy atom. The molecule has 0 saturated heterocycles. The van der Waals surface area contributed by atoms with E-state index in [0.29, 0.717) is 18.8 Å². The van der Waals surface area contributed by atoms with Crippen molar-refractivity contribution < 1.29 is 28.9 Å². The average Bonchev–Trinajstić information content (AvgIpc) is 3.23. The van der Waals surface area contributed by atoms with Crippen LogP contribution in [0.4, 0.5) is 0 Å². The van der Waals surface area contributed by atoms with E-state index in [4.69, 9.17) is 19.3 Å². The van der Waals surface area contributed by atoms with Gasteiger partial charge in [0.2, 0.25) is 0 Å². The predicted molar refractivity (Wildman–Crippen MR) is 216 cm³/mol. The van der Waals surface area contributed by atoms with Gasteiger partial charge in [0.15, 0.2) is 0 Å². The lowest BCUT2D eigenvalue weighted by molar-refractivity contribution is 0.0472. The van der Waals surface area contributed by atoms with Crippen LogP contribution < -0.4 is 9.47 Å². The van der Waals surface area contributed by atoms with Crippen LogP contribution in [0.3, 0.4) is 0 Å². The topological polar surface area (TPSA) is 82.1 Å². The van der Waals surface area contributed by atoms with Crippen molar-refractivity contribution in [3.05, 3.63) is 204 Å². The molecular weight excluding hydrogens is 673 g/mol. The summed E-state index contributed by atoms with van der Waals surface area (Å²) in [7, 11) is 0. The summed E-state index contributed by atoms with van der Waals surface area (Å²) in [6.45, 7) is 1.40. The van der Waals surface area contributed by atoms with Crippen LogP contribution in [0.2, 0.25) is 0 Å². The van der Waals surface area contributed by atoms with E-state index in [9.17, 15) is 9.59 Å². The van der Waals surface area contributed by atoms with Crippen molar-refractivity contribution in [2.24, 2.45) is 0 Å². The fourth-order valence-corrected chi connectivity index (χ4v) is 5.58. The molecule has 0 heterocycles. The number of carbonyl (C=O) groups excluding carboxylic acids is 1. The highest BCUT2D eigenvalue weighted by atomic mass is 16.5. The molecule has 0 spiro atoms. The van der Waals surface area contributed by atoms with Crippen molar-refractivity contribution in [2.75, 3.05) is 6.61 Å². The van der Waals surface area contributed by atoms with Gasteiger partial charge in [-0.25, -0.2) is 9.59 Å². The first-order chi connectivity index (χ1) is 26.0. The van der Waals surface area contributed by atoms with E-state index in [1.807, 2.05) is 133 Å². The van der Waals surface area contributed by atoms with Crippen molar-refractivity contribution in [2.45, 2.75) is 33.5 Å². The number of rotatable bonds is 12. The zero-order valence-electron chi connectivity index (χ0n) is 29.3. The molecule has 0 fully saturated rings. The summed E-state index contributed by atoms with van der Waals surface area (Å²) < 4.78 is 17.0. The van der Waals surface area contributed by atoms with Crippen molar-refractivity contribution in [3.8, 4) is 33.8 Å². The van der Waals surface area contributed by atoms with Gasteiger partial charge in [0, 0.05) is 0 Å². The number of benzene rings is 6. The Labute approximate surface area is 317 Å². The summed E-state index contributed by atoms with van der Waals surface area (Å²) in [4.78, 5) is 23.1. The van der Waals surface area contributed by atoms with Gasteiger partial charge in [-0.15, -0.1) is 0 Å². The number of ether oxygens (including phenoxy) is 3. The van der Waals surface area contributed by atoms with Gasteiger partial charge >= 0.3 is 11.9 Å². The highest BCUT2D eigenvalue weighted by Crippen LogP contribution is 2.25. The van der Waals surface area contributed by atoms with Crippen LogP contribution in [0.25, 0.3) is 22.3 Å². The Morgan fingerprint density at radius 2 is 0.944 bits per heavy atom. The first kappa shape index (κ1) is 38.6. The third-order valence-electron chi connectivity index (χ3n) is 8.57. The van der Waals surface area contributed by atoms with Gasteiger partial charge < -0.3 is 19.3 Å². The number of carboxylic acid groups (broad SMARTS) is 1. The van der Waals surface area contributed by atoms with Crippen LogP contribution in [-0.4, -0.2) is 23.7 Å². The fourth-order valence-electron chi connectivity index (χ4n) is 5.58. The van der Waals surface area contributed by atoms with Gasteiger partial charge in [0.25, 0.3) is 0 Å². The number of hydrogen-bond donors (Lipinski definition) is 1. The first-order valence-corrected chi connectivity index (χ1v) is 17.5. The molecule has 6 aromatic rings. The SMILES string of the molecule is C.O=C(O)c1ccc(-c2ccc(OCc3ccccc3)cc2)cc1.O=C(OCc1ccccc1)c1ccc(-c2ccc(OCC3=CCCC=C3)cc2)cc1. The Hall–Kier alpha value is -6.66. The Kier molecular flexibility index (Phi) is 14.2. The van der Waals surface area contributed by atoms with E-state index in [1.165, 1.54) is 5.57 Å². The maximum Gasteiger partial charge on any atom is 0.338 e. The molecule has 0 atom stereocenters. The Morgan fingerprint density at radius 3 is 1.41 bits per heavy atom. The summed E-state index contributed by atoms with van der Waals surface area (Å²) in [6, 6.07) is 49.8. The molecule has 54 heavy (non-hydrogen) atoms. The lowest BCUT2D eigenvalue weighted by atomic mass is 10.0. The second kappa shape index (κ2) is 19.8. The summed E-state index contributed by atoms with van der Waals surface area (Å²) in [5.41, 5.74) is 8.27. The van der Waals surface area contributed by atoms with Gasteiger partial charge in [0.1, 0.15) is 31.3 Å². The molecule has 6 nitrogen and oxygen atoms in total. The molecule has 0 unspecified atom stereocenters. The van der Waals surface area contributed by atoms with Crippen molar-refractivity contribution >= 4 is 11.9 Å². The van der Waals surface area contributed by atoms with E-state index in [1.54, 1.807) is 24.3 Å². The normalized spacial score (nSPS) is 11.5. The second-order valence-electron chi connectivity index (χ2n) is 12.4. The van der Waals surface area contributed by atoms with E-state index < -0.39 is 5.97 Å². The van der Waals surface area contributed by atoms with Crippen LogP contribution in [0, 0.1) is 0 Å². The minimum Gasteiger partial charge on any atom is -0.489 e. The quantitative estimate of drug-likeness (QED) is 0.127. The van der Waals surface area contributed by atoms with Crippen LogP contribution in [0.15, 0.2) is 182 Å². The smallest absolute Gasteiger partial charge is 0.338 e. The molecule has 0 radical (unpaired) electrons. The molecule has 1 N–H and O–H groups in total. The highest BCUT2D eigenvalue weighted by molar-refractivity contribution is 5.90. The average molecular weight is 717 g/mol. The van der Waals surface area contributed by atoms with E-state index in [2.05, 4.69) is 18.2 Å². The largest absolute Gasteiger partial charge is 0.489 e. The number of carbonyl (C=O) groups is 2. The van der Waals surface area contributed by atoms with Crippen LogP contribution in [-0.2, 0) is 18.0 Å². The zero-order valence-corrected chi connectivity index (χ0v) is 29.3. The van der Waals surface area contributed by atoms with Crippen LogP contribution in [0.1, 0.15) is 52.1 Å². The third-order valence-corrected chi connectivity index (χ3v) is 8.57. The van der Waals surface area contributed by atoms with E-state index in [-0.39, 0.29) is 25.6 Å². The number of allylic oxidation sites excluding steroid dienone is 2. The van der Waals surface area contributed by atoms with Crippen molar-refractivity contribution in [1.29, 1.82) is 0 Å². The molecular formula is C48H44O6. The molecule has 272 valence electrons. The van der Waals surface area contributed by atoms with E-state index >= 15 is 0 Å². The lowest BCUT2D eigenvalue weighted by Crippen LogP contribution is -2.05. The van der Waals surface area contributed by atoms with Gasteiger partial charge in [-0.2, -0.15) is 0 Å². The Bertz CT molecular complexity index is 2120. The molecule has 6 aromatic carbocycles. The van der Waals surface area contributed by atoms with Crippen LogP contribution in [0.5, 0.6) is 11.5 Å². The fraction of sp³-hybridized carbons (Fsp3) is 0.125. The standard InChI is InChI=1S/C27H24O3.C20H16O3.CH4/c28-27(30-20-22-9-5-2-6-10-22)25-13-11-23(12-14-25)24-15-17-26(18-16-24)29-19-21-7-3-1-4-8-21;21-20(22)18-8-6-16(7-9-18)17-10-12-19(13-11-17)23-14-15-4-2-1-3-5-15;/h2-3,5-18H,1,4,19-20H2;1-13H,14H2,(H,21,22);1H4. The molecule has 1 aliphatic rings. The van der Waals surface area contributed by atoms with E-state index in [0.717, 1.165) is 57.7 Å². The monoisotopic (exact) mass is 716 g/mol. The molecule has 0 bridgehead atoms. The maximum absolute atomic E-state index is 12.3. The second-order valence-corrected chi connectivity index (χ2v) is 12.4. The highest BCUT2D eigenvalue weighted by Gasteiger charge is 2.09. The molecule has 0 aliphatic heterocycles. The molecule has 7 rings (SSSR count). The minimum absolute atomic E-state index is 0. The number of carboxylic acids is 1. The van der Waals surface area contributed by atoms with Gasteiger partial charge in [-0.05, 0) is 100 Å². The molecule has 1 aliphatic carbocycles. The van der Waals surface area contributed by atoms with Gasteiger partial charge in [-0.1, -0.05) is 135 Å². The number of hydrogen-bond acceptors (Lipinski definition) is 5. The summed E-state index contributed by atoms with van der Waals surface area (Å²) in [5, 5.41) is 8.92. The first-order valence-electron chi connectivity index (χ1n) is 17.5. The maximum atomic E-state index is 12.3. The molecule has 0 saturated carbocycles. The third kappa shape index (κ3) is 11.4. The predicted octanol–water partition coefficient (Wildman–Crippen LogP) is 11.6. The summed E-state index contributed by atoms with van der Waals surface area (Å²) in [6.07, 6.45) is 8.74. The number of aromatic carboxylic acids is 1. The lowest BCUT2D eigenvalue weighted by Gasteiger charge is -2.10. The minimum atomic E-state index is -0.916. The molecule has 0 amide bonds. The van der Waals surface area contributed by atoms with Crippen LogP contribution >= 0.6 is 0 Å². The summed E-state index contributed by atoms with van der Waals surface area (Å²) in [5.74, 6) is 0.418. The number of esters is 1. The van der Waals surface area contributed by atoms with Gasteiger partial charge in [-0.3, -0.25) is 0 Å². The molecule has 6 heteroatoms.